The third-order valence-corrected chi connectivity index (χ3v) is 2.03. The van der Waals surface area contributed by atoms with Crippen molar-refractivity contribution in [3.63, 3.8) is 0 Å². The largest absolute Gasteiger partial charge is 0.250 e. The van der Waals surface area contributed by atoms with Crippen LogP contribution in [0.1, 0.15) is 29.5 Å². The van der Waals surface area contributed by atoms with Crippen LogP contribution in [-0.2, 0) is 0 Å². The summed E-state index contributed by atoms with van der Waals surface area (Å²) in [6.07, 6.45) is 0. The van der Waals surface area contributed by atoms with Crippen molar-refractivity contribution in [2.45, 2.75) is 19.8 Å². The molecule has 1 rings (SSSR count). The van der Waals surface area contributed by atoms with Gasteiger partial charge in [0.15, 0.2) is 0 Å². The summed E-state index contributed by atoms with van der Waals surface area (Å²) in [7, 11) is 0. The van der Waals surface area contributed by atoms with Gasteiger partial charge >= 0.3 is 0 Å². The molecule has 1 atom stereocenters. The van der Waals surface area contributed by atoms with E-state index in [-0.39, 0.29) is 12.6 Å². The smallest absolute Gasteiger partial charge is 0.0991 e. The van der Waals surface area contributed by atoms with Crippen molar-refractivity contribution in [1.82, 2.24) is 0 Å². The van der Waals surface area contributed by atoms with Gasteiger partial charge in [0.2, 0.25) is 0 Å². The third-order valence-electron chi connectivity index (χ3n) is 2.03. The van der Waals surface area contributed by atoms with Crippen LogP contribution in [0.4, 0.5) is 4.39 Å². The summed E-state index contributed by atoms with van der Waals surface area (Å²) in [5.41, 5.74) is 2.52. The van der Waals surface area contributed by atoms with Crippen LogP contribution in [0.5, 0.6) is 0 Å². The van der Waals surface area contributed by atoms with Crippen LogP contribution >= 0.6 is 0 Å². The lowest BCUT2D eigenvalue weighted by Gasteiger charge is -2.08. The summed E-state index contributed by atoms with van der Waals surface area (Å²) in [6.45, 7) is 3.35. The van der Waals surface area contributed by atoms with E-state index in [1.165, 1.54) is 0 Å². The van der Waals surface area contributed by atoms with Gasteiger partial charge in [0.05, 0.1) is 18.3 Å². The molecule has 0 bridgehead atoms. The molecule has 0 heterocycles. The Hall–Kier alpha value is -1.36. The van der Waals surface area contributed by atoms with Crippen molar-refractivity contribution < 1.29 is 4.39 Å². The lowest BCUT2D eigenvalue weighted by Crippen LogP contribution is -1.96. The molecule has 1 nitrogen and oxygen atoms in total. The van der Waals surface area contributed by atoms with Crippen LogP contribution in [0.15, 0.2) is 18.2 Å². The van der Waals surface area contributed by atoms with E-state index in [4.69, 9.17) is 5.26 Å². The molecule has 13 heavy (non-hydrogen) atoms. The Labute approximate surface area is 77.8 Å². The maximum atomic E-state index is 12.4. The highest BCUT2D eigenvalue weighted by molar-refractivity contribution is 5.38. The van der Waals surface area contributed by atoms with Gasteiger partial charge in [-0.25, -0.2) is 0 Å². The number of benzene rings is 1. The van der Waals surface area contributed by atoms with Crippen LogP contribution < -0.4 is 0 Å². The first-order valence-electron chi connectivity index (χ1n) is 4.25. The monoisotopic (exact) mass is 177 g/mol. The molecule has 1 unspecified atom stereocenters. The van der Waals surface area contributed by atoms with Crippen LogP contribution in [0.25, 0.3) is 0 Å². The highest BCUT2D eigenvalue weighted by atomic mass is 19.1. The standard InChI is InChI=1S/C11H12FN/c1-8-3-10(7-13)5-11(4-8)9(2)6-12/h3-5,9H,6H2,1-2H3. The molecule has 0 aliphatic carbocycles. The van der Waals surface area contributed by atoms with E-state index in [0.29, 0.717) is 5.56 Å². The van der Waals surface area contributed by atoms with Gasteiger partial charge in [-0.1, -0.05) is 13.0 Å². The second-order valence-corrected chi connectivity index (χ2v) is 3.30. The minimum Gasteiger partial charge on any atom is -0.250 e. The third kappa shape index (κ3) is 2.29. The molecule has 68 valence electrons. The average molecular weight is 177 g/mol. The van der Waals surface area contributed by atoms with E-state index in [2.05, 4.69) is 6.07 Å². The average Bonchev–Trinajstić information content (AvgIpc) is 2.15. The number of rotatable bonds is 2. The highest BCUT2D eigenvalue weighted by Crippen LogP contribution is 2.18. The molecule has 0 amide bonds. The summed E-state index contributed by atoms with van der Waals surface area (Å²) in [5.74, 6) is -0.119. The van der Waals surface area contributed by atoms with Crippen molar-refractivity contribution in [3.8, 4) is 6.07 Å². The van der Waals surface area contributed by atoms with Crippen molar-refractivity contribution in [1.29, 1.82) is 5.26 Å². The fourth-order valence-electron chi connectivity index (χ4n) is 1.25. The zero-order valence-electron chi connectivity index (χ0n) is 7.84. The lowest BCUT2D eigenvalue weighted by atomic mass is 9.98. The summed E-state index contributed by atoms with van der Waals surface area (Å²) in [4.78, 5) is 0. The molecule has 0 fully saturated rings. The summed E-state index contributed by atoms with van der Waals surface area (Å²) in [6, 6.07) is 7.53. The predicted octanol–water partition coefficient (Wildman–Crippen LogP) is 2.94. The van der Waals surface area contributed by atoms with E-state index in [9.17, 15) is 4.39 Å². The highest BCUT2D eigenvalue weighted by Gasteiger charge is 2.06. The molecule has 0 radical (unpaired) electrons. The number of aryl methyl sites for hydroxylation is 1. The van der Waals surface area contributed by atoms with E-state index < -0.39 is 0 Å². The lowest BCUT2D eigenvalue weighted by molar-refractivity contribution is 0.447. The van der Waals surface area contributed by atoms with Gasteiger partial charge in [0.1, 0.15) is 0 Å². The van der Waals surface area contributed by atoms with Crippen molar-refractivity contribution in [2.75, 3.05) is 6.67 Å². The van der Waals surface area contributed by atoms with Crippen molar-refractivity contribution in [2.24, 2.45) is 0 Å². The van der Waals surface area contributed by atoms with Gasteiger partial charge in [-0.2, -0.15) is 5.26 Å². The minimum absolute atomic E-state index is 0.119. The minimum atomic E-state index is -0.381. The molecule has 1 aromatic carbocycles. The second-order valence-electron chi connectivity index (χ2n) is 3.30. The van der Waals surface area contributed by atoms with Gasteiger partial charge < -0.3 is 0 Å². The number of nitriles is 1. The van der Waals surface area contributed by atoms with E-state index in [0.717, 1.165) is 11.1 Å². The first kappa shape index (κ1) is 9.73. The van der Waals surface area contributed by atoms with Crippen LogP contribution in [0.2, 0.25) is 0 Å². The second kappa shape index (κ2) is 4.04. The van der Waals surface area contributed by atoms with Gasteiger partial charge in [-0.05, 0) is 30.2 Å². The van der Waals surface area contributed by atoms with Crippen molar-refractivity contribution >= 4 is 0 Å². The van der Waals surface area contributed by atoms with Gasteiger partial charge in [0, 0.05) is 5.92 Å². The molecule has 0 aliphatic heterocycles. The van der Waals surface area contributed by atoms with Gasteiger partial charge in [-0.3, -0.25) is 4.39 Å². The van der Waals surface area contributed by atoms with E-state index >= 15 is 0 Å². The fraction of sp³-hybridized carbons (Fsp3) is 0.364. The maximum absolute atomic E-state index is 12.4. The van der Waals surface area contributed by atoms with Crippen LogP contribution in [0.3, 0.4) is 0 Å². The molecule has 0 saturated heterocycles. The number of nitrogens with zero attached hydrogens (tertiary/aromatic N) is 1. The fourth-order valence-corrected chi connectivity index (χ4v) is 1.25. The Morgan fingerprint density at radius 1 is 1.46 bits per heavy atom. The summed E-state index contributed by atoms with van der Waals surface area (Å²) in [5, 5.41) is 8.70. The van der Waals surface area contributed by atoms with Gasteiger partial charge in [0.25, 0.3) is 0 Å². The first-order chi connectivity index (χ1) is 6.17. The predicted molar refractivity (Wildman–Crippen MR) is 50.3 cm³/mol. The number of hydrogen-bond donors (Lipinski definition) is 0. The Balaban J connectivity index is 3.10. The quantitative estimate of drug-likeness (QED) is 0.681. The zero-order chi connectivity index (χ0) is 9.84. The van der Waals surface area contributed by atoms with Crippen molar-refractivity contribution in [3.05, 3.63) is 34.9 Å². The van der Waals surface area contributed by atoms with E-state index in [1.807, 2.05) is 19.9 Å². The zero-order valence-corrected chi connectivity index (χ0v) is 7.84. The summed E-state index contributed by atoms with van der Waals surface area (Å²) >= 11 is 0. The molecular formula is C11H12FN. The van der Waals surface area contributed by atoms with E-state index in [1.54, 1.807) is 12.1 Å². The van der Waals surface area contributed by atoms with Gasteiger partial charge in [-0.15, -0.1) is 0 Å². The molecule has 0 spiro atoms. The molecular weight excluding hydrogens is 165 g/mol. The molecule has 0 saturated carbocycles. The number of alkyl halides is 1. The maximum Gasteiger partial charge on any atom is 0.0991 e. The molecule has 0 aromatic heterocycles. The first-order valence-corrected chi connectivity index (χ1v) is 4.25. The Bertz CT molecular complexity index is 338. The Kier molecular flexibility index (Phi) is 3.02. The Morgan fingerprint density at radius 3 is 2.69 bits per heavy atom. The number of halogens is 1. The topological polar surface area (TPSA) is 23.8 Å². The molecule has 1 aromatic rings. The SMILES string of the molecule is Cc1cc(C#N)cc(C(C)CF)c1. The Morgan fingerprint density at radius 2 is 2.15 bits per heavy atom. The normalized spacial score (nSPS) is 12.2. The molecule has 0 N–H and O–H groups in total. The molecule has 0 aliphatic rings. The van der Waals surface area contributed by atoms with Crippen LogP contribution in [-0.4, -0.2) is 6.67 Å². The summed E-state index contributed by atoms with van der Waals surface area (Å²) < 4.78 is 12.4. The number of hydrogen-bond acceptors (Lipinski definition) is 1. The molecule has 2 heteroatoms. The van der Waals surface area contributed by atoms with Crippen LogP contribution in [0, 0.1) is 18.3 Å².